The van der Waals surface area contributed by atoms with E-state index >= 15 is 0 Å². The highest BCUT2D eigenvalue weighted by atomic mass is 19.4. The average Bonchev–Trinajstić information content (AvgIpc) is 2.73. The number of aromatic nitrogens is 1. The zero-order valence-corrected chi connectivity index (χ0v) is 10.2. The van der Waals surface area contributed by atoms with Gasteiger partial charge in [-0.25, -0.2) is 0 Å². The number of carbonyl (C=O) groups excluding carboxylic acids is 1. The largest absolute Gasteiger partial charge is 0.489 e. The first-order chi connectivity index (χ1) is 8.93. The van der Waals surface area contributed by atoms with E-state index in [2.05, 4.69) is 4.74 Å². The smallest absolute Gasteiger partial charge is 0.469 e. The van der Waals surface area contributed by atoms with Gasteiger partial charge in [0.25, 0.3) is 0 Å². The number of rotatable bonds is 3. The molecule has 0 saturated heterocycles. The summed E-state index contributed by atoms with van der Waals surface area (Å²) >= 11 is 0. The van der Waals surface area contributed by atoms with Crippen LogP contribution in [0.1, 0.15) is 12.1 Å². The Kier molecular flexibility index (Phi) is 3.50. The highest BCUT2D eigenvalue weighted by Crippen LogP contribution is 2.32. The molecule has 0 aliphatic rings. The van der Waals surface area contributed by atoms with E-state index in [0.717, 1.165) is 0 Å². The molecule has 6 heteroatoms. The van der Waals surface area contributed by atoms with E-state index in [1.807, 2.05) is 0 Å². The molecule has 0 bridgehead atoms. The van der Waals surface area contributed by atoms with Gasteiger partial charge in [-0.2, -0.15) is 0 Å². The fraction of sp³-hybridized carbons (Fsp3) is 0.308. The van der Waals surface area contributed by atoms with Crippen LogP contribution in [0.3, 0.4) is 0 Å². The second kappa shape index (κ2) is 4.95. The van der Waals surface area contributed by atoms with Crippen LogP contribution in [0, 0.1) is 0 Å². The van der Waals surface area contributed by atoms with Crippen molar-refractivity contribution in [3.05, 3.63) is 36.0 Å². The highest BCUT2D eigenvalue weighted by Gasteiger charge is 2.34. The molecule has 3 nitrogen and oxygen atoms in total. The zero-order valence-electron chi connectivity index (χ0n) is 10.2. The molecule has 0 aliphatic heterocycles. The molecule has 2 rings (SSSR count). The number of fused-ring (bicyclic) bond motifs is 1. The number of carbonyl (C=O) groups is 1. The number of methoxy groups -OCH3 is 1. The van der Waals surface area contributed by atoms with Crippen molar-refractivity contribution in [2.24, 2.45) is 0 Å². The van der Waals surface area contributed by atoms with Crippen molar-refractivity contribution in [2.45, 2.75) is 19.1 Å². The Morgan fingerprint density at radius 2 is 2.00 bits per heavy atom. The number of alkyl halides is 3. The first-order valence-electron chi connectivity index (χ1n) is 5.67. The SMILES string of the molecule is COC(=O)CCc1cc2ccccc2n1C(F)(F)F. The Hall–Kier alpha value is -1.98. The molecule has 19 heavy (non-hydrogen) atoms. The van der Waals surface area contributed by atoms with Crippen molar-refractivity contribution in [3.63, 3.8) is 0 Å². The van der Waals surface area contributed by atoms with Crippen molar-refractivity contribution in [3.8, 4) is 0 Å². The predicted molar refractivity (Wildman–Crippen MR) is 63.6 cm³/mol. The van der Waals surface area contributed by atoms with Gasteiger partial charge in [0.15, 0.2) is 0 Å². The summed E-state index contributed by atoms with van der Waals surface area (Å²) in [6.07, 6.45) is -4.60. The van der Waals surface area contributed by atoms with E-state index < -0.39 is 12.3 Å². The van der Waals surface area contributed by atoms with Gasteiger partial charge in [0, 0.05) is 11.1 Å². The maximum Gasteiger partial charge on any atom is 0.489 e. The van der Waals surface area contributed by atoms with E-state index in [9.17, 15) is 18.0 Å². The Morgan fingerprint density at radius 3 is 2.63 bits per heavy atom. The first kappa shape index (κ1) is 13.5. The standard InChI is InChI=1S/C13H12F3NO2/c1-19-12(18)7-6-10-8-9-4-2-3-5-11(9)17(10)13(14,15)16/h2-5,8H,6-7H2,1H3. The second-order valence-corrected chi connectivity index (χ2v) is 4.07. The fourth-order valence-corrected chi connectivity index (χ4v) is 2.03. The lowest BCUT2D eigenvalue weighted by Gasteiger charge is -2.13. The molecule has 0 unspecified atom stereocenters. The van der Waals surface area contributed by atoms with Gasteiger partial charge < -0.3 is 4.74 Å². The van der Waals surface area contributed by atoms with Crippen molar-refractivity contribution < 1.29 is 22.7 Å². The summed E-state index contributed by atoms with van der Waals surface area (Å²) < 4.78 is 43.9. The number of hydrogen-bond donors (Lipinski definition) is 0. The van der Waals surface area contributed by atoms with Gasteiger partial charge in [-0.05, 0) is 18.6 Å². The van der Waals surface area contributed by atoms with Gasteiger partial charge in [-0.1, -0.05) is 18.2 Å². The van der Waals surface area contributed by atoms with E-state index in [4.69, 9.17) is 0 Å². The molecule has 0 spiro atoms. The molecule has 0 N–H and O–H groups in total. The number of ether oxygens (including phenoxy) is 1. The summed E-state index contributed by atoms with van der Waals surface area (Å²) in [5, 5.41) is 0.500. The highest BCUT2D eigenvalue weighted by molar-refractivity contribution is 5.81. The molecule has 0 saturated carbocycles. The molecular weight excluding hydrogens is 259 g/mol. The third-order valence-electron chi connectivity index (χ3n) is 2.85. The van der Waals surface area contributed by atoms with Crippen LogP contribution in [0.15, 0.2) is 30.3 Å². The first-order valence-corrected chi connectivity index (χ1v) is 5.67. The molecule has 1 heterocycles. The molecule has 0 fully saturated rings. The summed E-state index contributed by atoms with van der Waals surface area (Å²) in [6.45, 7) is 0. The predicted octanol–water partition coefficient (Wildman–Crippen LogP) is 3.22. The van der Waals surface area contributed by atoms with Crippen molar-refractivity contribution in [1.29, 1.82) is 0 Å². The average molecular weight is 271 g/mol. The van der Waals surface area contributed by atoms with Crippen LogP contribution < -0.4 is 0 Å². The van der Waals surface area contributed by atoms with Crippen LogP contribution in [0.2, 0.25) is 0 Å². The summed E-state index contributed by atoms with van der Waals surface area (Å²) in [5.41, 5.74) is 0.147. The number of halogens is 3. The Morgan fingerprint density at radius 1 is 1.32 bits per heavy atom. The van der Waals surface area contributed by atoms with Gasteiger partial charge in [-0.3, -0.25) is 9.36 Å². The Balaban J connectivity index is 2.44. The van der Waals surface area contributed by atoms with E-state index in [-0.39, 0.29) is 24.1 Å². The fourth-order valence-electron chi connectivity index (χ4n) is 2.03. The number of hydrogen-bond acceptors (Lipinski definition) is 2. The minimum atomic E-state index is -4.51. The summed E-state index contributed by atoms with van der Waals surface area (Å²) in [6, 6.07) is 7.69. The number of esters is 1. The molecule has 0 radical (unpaired) electrons. The summed E-state index contributed by atoms with van der Waals surface area (Å²) in [5.74, 6) is -0.529. The monoisotopic (exact) mass is 271 g/mol. The Bertz CT molecular complexity index is 601. The maximum atomic E-state index is 13.1. The van der Waals surface area contributed by atoms with Gasteiger partial charge in [0.1, 0.15) is 0 Å². The van der Waals surface area contributed by atoms with Crippen LogP contribution in [-0.4, -0.2) is 17.6 Å². The number of nitrogens with zero attached hydrogens (tertiary/aromatic N) is 1. The number of aryl methyl sites for hydroxylation is 1. The lowest BCUT2D eigenvalue weighted by atomic mass is 10.2. The quantitative estimate of drug-likeness (QED) is 0.802. The normalized spacial score (nSPS) is 11.8. The van der Waals surface area contributed by atoms with Crippen molar-refractivity contribution >= 4 is 16.9 Å². The molecule has 0 amide bonds. The second-order valence-electron chi connectivity index (χ2n) is 4.07. The summed E-state index contributed by atoms with van der Waals surface area (Å²) in [4.78, 5) is 11.0. The van der Waals surface area contributed by atoms with E-state index in [0.29, 0.717) is 9.95 Å². The molecule has 1 aromatic carbocycles. The lowest BCUT2D eigenvalue weighted by Crippen LogP contribution is -2.19. The van der Waals surface area contributed by atoms with Crippen LogP contribution in [0.5, 0.6) is 0 Å². The minimum absolute atomic E-state index is 0.0130. The van der Waals surface area contributed by atoms with Crippen LogP contribution in [-0.2, 0) is 22.3 Å². The zero-order chi connectivity index (χ0) is 14.0. The minimum Gasteiger partial charge on any atom is -0.469 e. The molecule has 1 aromatic heterocycles. The van der Waals surface area contributed by atoms with Crippen molar-refractivity contribution in [1.82, 2.24) is 4.57 Å². The molecule has 102 valence electrons. The lowest BCUT2D eigenvalue weighted by molar-refractivity contribution is -0.202. The third-order valence-corrected chi connectivity index (χ3v) is 2.85. The number of benzene rings is 1. The van der Waals surface area contributed by atoms with Crippen LogP contribution in [0.25, 0.3) is 10.9 Å². The molecule has 0 atom stereocenters. The van der Waals surface area contributed by atoms with E-state index in [1.54, 1.807) is 18.2 Å². The van der Waals surface area contributed by atoms with E-state index in [1.165, 1.54) is 19.2 Å². The summed E-state index contributed by atoms with van der Waals surface area (Å²) in [7, 11) is 1.21. The van der Waals surface area contributed by atoms with Gasteiger partial charge in [0.2, 0.25) is 0 Å². The topological polar surface area (TPSA) is 31.2 Å². The Labute approximate surface area is 107 Å². The number of para-hydroxylation sites is 1. The van der Waals surface area contributed by atoms with Crippen LogP contribution >= 0.6 is 0 Å². The van der Waals surface area contributed by atoms with Crippen LogP contribution in [0.4, 0.5) is 13.2 Å². The molecule has 2 aromatic rings. The van der Waals surface area contributed by atoms with Gasteiger partial charge >= 0.3 is 12.3 Å². The molecule has 0 aliphatic carbocycles. The van der Waals surface area contributed by atoms with Gasteiger partial charge in [-0.15, -0.1) is 13.2 Å². The third kappa shape index (κ3) is 2.72. The van der Waals surface area contributed by atoms with Crippen molar-refractivity contribution in [2.75, 3.05) is 7.11 Å². The van der Waals surface area contributed by atoms with Gasteiger partial charge in [0.05, 0.1) is 19.0 Å². The molecular formula is C13H12F3NO2. The maximum absolute atomic E-state index is 13.1.